The lowest BCUT2D eigenvalue weighted by Crippen LogP contribution is -2.08. The van der Waals surface area contributed by atoms with Crippen LogP contribution >= 0.6 is 0 Å². The van der Waals surface area contributed by atoms with Crippen LogP contribution in [0.2, 0.25) is 0 Å². The minimum absolute atomic E-state index is 1.05. The monoisotopic (exact) mass is 214 g/mol. The van der Waals surface area contributed by atoms with Crippen LogP contribution in [0.25, 0.3) is 10.9 Å². The molecule has 0 unspecified atom stereocenters. The first-order valence-electron chi connectivity index (χ1n) is 5.69. The lowest BCUT2D eigenvalue weighted by Gasteiger charge is -2.14. The van der Waals surface area contributed by atoms with Crippen molar-refractivity contribution >= 4 is 16.6 Å². The minimum Gasteiger partial charge on any atom is -0.378 e. The largest absolute Gasteiger partial charge is 0.378 e. The zero-order chi connectivity index (χ0) is 11.7. The molecule has 2 aromatic rings. The number of rotatable bonds is 2. The van der Waals surface area contributed by atoms with Crippen molar-refractivity contribution in [3.05, 3.63) is 35.5 Å². The number of aryl methyl sites for hydroxylation is 2. The molecule has 0 spiro atoms. The second-order valence-corrected chi connectivity index (χ2v) is 4.37. The summed E-state index contributed by atoms with van der Waals surface area (Å²) in [5.41, 5.74) is 4.81. The van der Waals surface area contributed by atoms with E-state index in [9.17, 15) is 0 Å². The molecule has 0 aliphatic carbocycles. The number of anilines is 1. The van der Waals surface area contributed by atoms with Crippen LogP contribution in [0.4, 0.5) is 5.69 Å². The molecule has 0 saturated heterocycles. The van der Waals surface area contributed by atoms with Gasteiger partial charge < -0.3 is 4.90 Å². The molecule has 2 heteroatoms. The van der Waals surface area contributed by atoms with Gasteiger partial charge in [-0.15, -0.1) is 0 Å². The second kappa shape index (κ2) is 4.12. The summed E-state index contributed by atoms with van der Waals surface area (Å²) in [5, 5.41) is 1.28. The van der Waals surface area contributed by atoms with Gasteiger partial charge in [0.15, 0.2) is 0 Å². The van der Waals surface area contributed by atoms with Crippen molar-refractivity contribution < 1.29 is 0 Å². The summed E-state index contributed by atoms with van der Waals surface area (Å²) in [7, 11) is 4.13. The van der Waals surface area contributed by atoms with E-state index in [2.05, 4.69) is 62.1 Å². The average molecular weight is 214 g/mol. The molecule has 16 heavy (non-hydrogen) atoms. The van der Waals surface area contributed by atoms with E-state index in [4.69, 9.17) is 0 Å². The molecule has 0 N–H and O–H groups in total. The normalized spacial score (nSPS) is 10.8. The number of hydrogen-bond donors (Lipinski definition) is 0. The molecule has 84 valence electrons. The molecule has 0 aliphatic heterocycles. The molecule has 1 aromatic carbocycles. The fourth-order valence-corrected chi connectivity index (χ4v) is 2.00. The second-order valence-electron chi connectivity index (χ2n) is 4.37. The molecule has 1 aromatic heterocycles. The fraction of sp³-hybridized carbons (Fsp3) is 0.357. The molecule has 0 radical (unpaired) electrons. The molecule has 0 bridgehead atoms. The van der Waals surface area contributed by atoms with Crippen LogP contribution in [0.1, 0.15) is 18.2 Å². The molecule has 0 atom stereocenters. The van der Waals surface area contributed by atoms with E-state index >= 15 is 0 Å². The smallest absolute Gasteiger partial charge is 0.0709 e. The molecule has 0 fully saturated rings. The van der Waals surface area contributed by atoms with Crippen LogP contribution in [0.3, 0.4) is 0 Å². The summed E-state index contributed by atoms with van der Waals surface area (Å²) in [6, 6.07) is 8.63. The highest BCUT2D eigenvalue weighted by atomic mass is 15.1. The average Bonchev–Trinajstić information content (AvgIpc) is 2.27. The number of nitrogens with zero attached hydrogens (tertiary/aromatic N) is 2. The van der Waals surface area contributed by atoms with Gasteiger partial charge in [-0.05, 0) is 43.2 Å². The van der Waals surface area contributed by atoms with E-state index in [-0.39, 0.29) is 0 Å². The third kappa shape index (κ3) is 1.87. The van der Waals surface area contributed by atoms with Crippen molar-refractivity contribution in [2.45, 2.75) is 20.3 Å². The summed E-state index contributed by atoms with van der Waals surface area (Å²) in [5.74, 6) is 0. The van der Waals surface area contributed by atoms with E-state index in [0.29, 0.717) is 0 Å². The highest BCUT2D eigenvalue weighted by molar-refractivity contribution is 5.86. The van der Waals surface area contributed by atoms with Gasteiger partial charge in [-0.25, -0.2) is 0 Å². The highest BCUT2D eigenvalue weighted by Gasteiger charge is 2.04. The van der Waals surface area contributed by atoms with Gasteiger partial charge in [0.1, 0.15) is 0 Å². The number of aromatic nitrogens is 1. The third-order valence-electron chi connectivity index (χ3n) is 2.90. The van der Waals surface area contributed by atoms with Gasteiger partial charge in [0.05, 0.1) is 5.52 Å². The standard InChI is InChI=1S/C14H18N2/c1-5-11-8-10(2)15-14-7-6-12(16(3)4)9-13(11)14/h6-9H,5H2,1-4H3. The summed E-state index contributed by atoms with van der Waals surface area (Å²) < 4.78 is 0. The van der Waals surface area contributed by atoms with Crippen LogP contribution < -0.4 is 4.90 Å². The molecule has 0 amide bonds. The molecular weight excluding hydrogens is 196 g/mol. The van der Waals surface area contributed by atoms with Crippen molar-refractivity contribution in [3.8, 4) is 0 Å². The Hall–Kier alpha value is -1.57. The summed E-state index contributed by atoms with van der Waals surface area (Å²) >= 11 is 0. The van der Waals surface area contributed by atoms with Crippen molar-refractivity contribution in [1.29, 1.82) is 0 Å². The van der Waals surface area contributed by atoms with Gasteiger partial charge >= 0.3 is 0 Å². The Morgan fingerprint density at radius 2 is 1.94 bits per heavy atom. The Morgan fingerprint density at radius 1 is 1.19 bits per heavy atom. The zero-order valence-corrected chi connectivity index (χ0v) is 10.4. The maximum atomic E-state index is 4.57. The van der Waals surface area contributed by atoms with E-state index in [1.807, 2.05) is 0 Å². The first kappa shape index (κ1) is 10.9. The highest BCUT2D eigenvalue weighted by Crippen LogP contribution is 2.23. The molecule has 1 heterocycles. The first-order chi connectivity index (χ1) is 7.61. The Bertz CT molecular complexity index is 515. The number of fused-ring (bicyclic) bond motifs is 1. The summed E-state index contributed by atoms with van der Waals surface area (Å²) in [4.78, 5) is 6.69. The molecule has 2 nitrogen and oxygen atoms in total. The van der Waals surface area contributed by atoms with Crippen LogP contribution in [-0.2, 0) is 6.42 Å². The maximum absolute atomic E-state index is 4.57. The third-order valence-corrected chi connectivity index (χ3v) is 2.90. The quantitative estimate of drug-likeness (QED) is 0.763. The van der Waals surface area contributed by atoms with Crippen molar-refractivity contribution in [2.24, 2.45) is 0 Å². The van der Waals surface area contributed by atoms with Crippen LogP contribution in [0.15, 0.2) is 24.3 Å². The van der Waals surface area contributed by atoms with E-state index in [1.54, 1.807) is 0 Å². The van der Waals surface area contributed by atoms with E-state index < -0.39 is 0 Å². The lowest BCUT2D eigenvalue weighted by atomic mass is 10.0. The van der Waals surface area contributed by atoms with Gasteiger partial charge in [0.25, 0.3) is 0 Å². The molecule has 0 saturated carbocycles. The van der Waals surface area contributed by atoms with Gasteiger partial charge in [-0.2, -0.15) is 0 Å². The summed E-state index contributed by atoms with van der Waals surface area (Å²) in [6.07, 6.45) is 1.05. The van der Waals surface area contributed by atoms with Crippen molar-refractivity contribution in [3.63, 3.8) is 0 Å². The van der Waals surface area contributed by atoms with Gasteiger partial charge in [-0.3, -0.25) is 4.98 Å². The summed E-state index contributed by atoms with van der Waals surface area (Å²) in [6.45, 7) is 4.25. The van der Waals surface area contributed by atoms with Crippen LogP contribution in [0.5, 0.6) is 0 Å². The van der Waals surface area contributed by atoms with Crippen molar-refractivity contribution in [1.82, 2.24) is 4.98 Å². The molecular formula is C14H18N2. The topological polar surface area (TPSA) is 16.1 Å². The minimum atomic E-state index is 1.05. The zero-order valence-electron chi connectivity index (χ0n) is 10.4. The van der Waals surface area contributed by atoms with E-state index in [0.717, 1.165) is 17.6 Å². The fourth-order valence-electron chi connectivity index (χ4n) is 2.00. The van der Waals surface area contributed by atoms with Crippen LogP contribution in [0, 0.1) is 6.92 Å². The number of hydrogen-bond acceptors (Lipinski definition) is 2. The van der Waals surface area contributed by atoms with Crippen LogP contribution in [-0.4, -0.2) is 19.1 Å². The predicted molar refractivity (Wildman–Crippen MR) is 70.2 cm³/mol. The molecule has 2 rings (SSSR count). The predicted octanol–water partition coefficient (Wildman–Crippen LogP) is 3.17. The van der Waals surface area contributed by atoms with Gasteiger partial charge in [0, 0.05) is 30.9 Å². The SMILES string of the molecule is CCc1cc(C)nc2ccc(N(C)C)cc12. The Labute approximate surface area is 96.9 Å². The van der Waals surface area contributed by atoms with Gasteiger partial charge in [0.2, 0.25) is 0 Å². The van der Waals surface area contributed by atoms with Crippen molar-refractivity contribution in [2.75, 3.05) is 19.0 Å². The Balaban J connectivity index is 2.71. The number of benzene rings is 1. The number of pyridine rings is 1. The van der Waals surface area contributed by atoms with E-state index in [1.165, 1.54) is 16.6 Å². The Morgan fingerprint density at radius 3 is 2.56 bits per heavy atom. The lowest BCUT2D eigenvalue weighted by molar-refractivity contribution is 1.11. The van der Waals surface area contributed by atoms with Gasteiger partial charge in [-0.1, -0.05) is 6.92 Å². The Kier molecular flexibility index (Phi) is 2.82. The molecule has 0 aliphatic rings. The first-order valence-corrected chi connectivity index (χ1v) is 5.69. The maximum Gasteiger partial charge on any atom is 0.0709 e.